The topological polar surface area (TPSA) is 58.6 Å². The number of hydrogen-bond acceptors (Lipinski definition) is 3. The molecule has 1 saturated heterocycles. The second-order valence-corrected chi connectivity index (χ2v) is 6.24. The summed E-state index contributed by atoms with van der Waals surface area (Å²) in [5.41, 5.74) is 1.13. The molecule has 1 aliphatic heterocycles. The lowest BCUT2D eigenvalue weighted by molar-refractivity contribution is -0.127. The zero-order valence-electron chi connectivity index (χ0n) is 14.7. The van der Waals surface area contributed by atoms with Crippen LogP contribution < -0.4 is 5.32 Å². The van der Waals surface area contributed by atoms with Gasteiger partial charge in [-0.3, -0.25) is 4.79 Å². The highest BCUT2D eigenvalue weighted by atomic mass is 16.6. The fourth-order valence-corrected chi connectivity index (χ4v) is 3.16. The number of nitrogens with one attached hydrogen (secondary N) is 1. The van der Waals surface area contributed by atoms with Gasteiger partial charge in [-0.15, -0.1) is 0 Å². The number of carbonyl (C=O) groups is 2. The highest BCUT2D eigenvalue weighted by molar-refractivity contribution is 5.80. The number of hydrogen-bond donors (Lipinski definition) is 1. The third kappa shape index (κ3) is 4.98. The molecule has 2 unspecified atom stereocenters. The summed E-state index contributed by atoms with van der Waals surface area (Å²) < 4.78 is 5.05. The molecule has 0 radical (unpaired) electrons. The number of rotatable bonds is 6. The van der Waals surface area contributed by atoms with Crippen LogP contribution in [0.4, 0.5) is 4.79 Å². The lowest BCUT2D eigenvalue weighted by Crippen LogP contribution is -2.46. The van der Waals surface area contributed by atoms with Crippen molar-refractivity contribution in [3.63, 3.8) is 0 Å². The molecule has 1 aliphatic rings. The maximum absolute atomic E-state index is 12.7. The predicted molar refractivity (Wildman–Crippen MR) is 93.6 cm³/mol. The van der Waals surface area contributed by atoms with Crippen LogP contribution in [0.1, 0.15) is 51.1 Å². The Morgan fingerprint density at radius 1 is 1.29 bits per heavy atom. The average Bonchev–Trinajstić information content (AvgIpc) is 2.62. The zero-order chi connectivity index (χ0) is 17.4. The molecule has 0 spiro atoms. The van der Waals surface area contributed by atoms with Crippen LogP contribution in [0.5, 0.6) is 0 Å². The first-order chi connectivity index (χ1) is 11.7. The molecule has 1 fully saturated rings. The Hall–Kier alpha value is -2.04. The molecule has 0 bridgehead atoms. The molecular weight excluding hydrogens is 304 g/mol. The smallest absolute Gasteiger partial charge is 0.409 e. The van der Waals surface area contributed by atoms with Crippen molar-refractivity contribution in [2.45, 2.75) is 45.6 Å². The van der Waals surface area contributed by atoms with E-state index >= 15 is 0 Å². The summed E-state index contributed by atoms with van der Waals surface area (Å²) in [6.07, 6.45) is 3.24. The van der Waals surface area contributed by atoms with Gasteiger partial charge in [0.25, 0.3) is 0 Å². The monoisotopic (exact) mass is 332 g/mol. The first-order valence-corrected chi connectivity index (χ1v) is 8.92. The molecule has 0 saturated carbocycles. The van der Waals surface area contributed by atoms with Crippen molar-refractivity contribution in [1.29, 1.82) is 0 Å². The highest BCUT2D eigenvalue weighted by Gasteiger charge is 2.30. The van der Waals surface area contributed by atoms with E-state index in [1.165, 1.54) is 0 Å². The van der Waals surface area contributed by atoms with Crippen molar-refractivity contribution in [3.8, 4) is 0 Å². The first-order valence-electron chi connectivity index (χ1n) is 8.92. The third-order valence-corrected chi connectivity index (χ3v) is 4.41. The molecule has 1 aromatic rings. The molecule has 132 valence electrons. The summed E-state index contributed by atoms with van der Waals surface area (Å²) in [5, 5.41) is 3.18. The number of nitrogens with zero attached hydrogens (tertiary/aromatic N) is 1. The lowest BCUT2D eigenvalue weighted by Gasteiger charge is -2.32. The van der Waals surface area contributed by atoms with Crippen LogP contribution in [0.2, 0.25) is 0 Å². The van der Waals surface area contributed by atoms with Crippen molar-refractivity contribution in [1.82, 2.24) is 10.2 Å². The first kappa shape index (κ1) is 18.3. The lowest BCUT2D eigenvalue weighted by atomic mass is 9.95. The Labute approximate surface area is 144 Å². The standard InChI is InChI=1S/C19H28N2O3/c1-3-9-17(15-10-6-5-7-11-15)20-18(22)16-12-8-13-21(14-16)19(23)24-4-2/h5-7,10-11,16-17H,3-4,8-9,12-14H2,1-2H3,(H,20,22). The molecule has 5 nitrogen and oxygen atoms in total. The summed E-state index contributed by atoms with van der Waals surface area (Å²) in [6.45, 7) is 5.38. The van der Waals surface area contributed by atoms with Gasteiger partial charge in [0.2, 0.25) is 5.91 Å². The molecule has 2 atom stereocenters. The van der Waals surface area contributed by atoms with Crippen LogP contribution in [0, 0.1) is 5.92 Å². The summed E-state index contributed by atoms with van der Waals surface area (Å²) in [5.74, 6) is -0.127. The number of amides is 2. The van der Waals surface area contributed by atoms with E-state index in [1.807, 2.05) is 30.3 Å². The fraction of sp³-hybridized carbons (Fsp3) is 0.579. The van der Waals surface area contributed by atoms with Gasteiger partial charge in [0.1, 0.15) is 0 Å². The van der Waals surface area contributed by atoms with Crippen LogP contribution in [-0.2, 0) is 9.53 Å². The Kier molecular flexibility index (Phi) is 7.09. The number of piperidine rings is 1. The second-order valence-electron chi connectivity index (χ2n) is 6.24. The normalized spacial score (nSPS) is 18.8. The van der Waals surface area contributed by atoms with Crippen molar-refractivity contribution in [3.05, 3.63) is 35.9 Å². The number of carbonyl (C=O) groups excluding carboxylic acids is 2. The van der Waals surface area contributed by atoms with Crippen LogP contribution in [0.15, 0.2) is 30.3 Å². The summed E-state index contributed by atoms with van der Waals surface area (Å²) in [6, 6.07) is 10.1. The van der Waals surface area contributed by atoms with Gasteiger partial charge in [-0.1, -0.05) is 43.7 Å². The molecule has 1 aromatic carbocycles. The van der Waals surface area contributed by atoms with Gasteiger partial charge in [-0.2, -0.15) is 0 Å². The van der Waals surface area contributed by atoms with E-state index in [9.17, 15) is 9.59 Å². The van der Waals surface area contributed by atoms with Gasteiger partial charge in [0, 0.05) is 13.1 Å². The van der Waals surface area contributed by atoms with E-state index in [0.717, 1.165) is 31.2 Å². The van der Waals surface area contributed by atoms with Gasteiger partial charge in [0.05, 0.1) is 18.6 Å². The molecule has 0 aromatic heterocycles. The van der Waals surface area contributed by atoms with Crippen LogP contribution in [-0.4, -0.2) is 36.6 Å². The molecule has 24 heavy (non-hydrogen) atoms. The van der Waals surface area contributed by atoms with Crippen molar-refractivity contribution < 1.29 is 14.3 Å². The van der Waals surface area contributed by atoms with Crippen molar-refractivity contribution >= 4 is 12.0 Å². The molecule has 1 N–H and O–H groups in total. The van der Waals surface area contributed by atoms with Gasteiger partial charge in [-0.05, 0) is 31.7 Å². The summed E-state index contributed by atoms with van der Waals surface area (Å²) >= 11 is 0. The second kappa shape index (κ2) is 9.30. The Balaban J connectivity index is 1.97. The Morgan fingerprint density at radius 3 is 2.71 bits per heavy atom. The molecule has 2 amide bonds. The van der Waals surface area contributed by atoms with E-state index in [4.69, 9.17) is 4.74 Å². The van der Waals surface area contributed by atoms with Crippen LogP contribution in [0.3, 0.4) is 0 Å². The highest BCUT2D eigenvalue weighted by Crippen LogP contribution is 2.22. The largest absolute Gasteiger partial charge is 0.450 e. The van der Waals surface area contributed by atoms with Gasteiger partial charge < -0.3 is 15.0 Å². The summed E-state index contributed by atoms with van der Waals surface area (Å²) in [7, 11) is 0. The quantitative estimate of drug-likeness (QED) is 0.867. The van der Waals surface area contributed by atoms with Gasteiger partial charge in [0.15, 0.2) is 0 Å². The molecule has 1 heterocycles. The van der Waals surface area contributed by atoms with E-state index < -0.39 is 0 Å². The molecule has 2 rings (SSSR count). The van der Waals surface area contributed by atoms with E-state index in [-0.39, 0.29) is 24.0 Å². The van der Waals surface area contributed by atoms with E-state index in [1.54, 1.807) is 11.8 Å². The Bertz CT molecular complexity index is 533. The third-order valence-electron chi connectivity index (χ3n) is 4.41. The maximum atomic E-state index is 12.7. The minimum absolute atomic E-state index is 0.0293. The van der Waals surface area contributed by atoms with Crippen molar-refractivity contribution in [2.24, 2.45) is 5.92 Å². The minimum Gasteiger partial charge on any atom is -0.450 e. The molecule has 0 aliphatic carbocycles. The zero-order valence-corrected chi connectivity index (χ0v) is 14.7. The van der Waals surface area contributed by atoms with Crippen molar-refractivity contribution in [2.75, 3.05) is 19.7 Å². The molecule has 5 heteroatoms. The van der Waals surface area contributed by atoms with Crippen LogP contribution >= 0.6 is 0 Å². The van der Waals surface area contributed by atoms with Gasteiger partial charge >= 0.3 is 6.09 Å². The average molecular weight is 332 g/mol. The van der Waals surface area contributed by atoms with Gasteiger partial charge in [-0.25, -0.2) is 4.79 Å². The summed E-state index contributed by atoms with van der Waals surface area (Å²) in [4.78, 5) is 26.2. The van der Waals surface area contributed by atoms with Crippen LogP contribution in [0.25, 0.3) is 0 Å². The number of likely N-dealkylation sites (tertiary alicyclic amines) is 1. The maximum Gasteiger partial charge on any atom is 0.409 e. The number of ether oxygens (including phenoxy) is 1. The molecular formula is C19H28N2O3. The minimum atomic E-state index is -0.317. The Morgan fingerprint density at radius 2 is 2.04 bits per heavy atom. The van der Waals surface area contributed by atoms with E-state index in [0.29, 0.717) is 19.7 Å². The number of benzene rings is 1. The van der Waals surface area contributed by atoms with E-state index in [2.05, 4.69) is 12.2 Å². The predicted octanol–water partition coefficient (Wildman–Crippen LogP) is 3.51. The SMILES string of the molecule is CCCC(NC(=O)C1CCCN(C(=O)OCC)C1)c1ccccc1. The fourth-order valence-electron chi connectivity index (χ4n) is 3.16.